The van der Waals surface area contributed by atoms with Gasteiger partial charge in [0.25, 0.3) is 5.56 Å². The van der Waals surface area contributed by atoms with Crippen molar-refractivity contribution in [2.24, 2.45) is 0 Å². The molecule has 160 valence electrons. The summed E-state index contributed by atoms with van der Waals surface area (Å²) in [6, 6.07) is 19.0. The highest BCUT2D eigenvalue weighted by Crippen LogP contribution is 2.31. The van der Waals surface area contributed by atoms with Crippen LogP contribution in [0.3, 0.4) is 0 Å². The number of fused-ring (bicyclic) bond motifs is 1. The molecule has 2 heterocycles. The lowest BCUT2D eigenvalue weighted by molar-refractivity contribution is 0.527. The Morgan fingerprint density at radius 1 is 0.906 bits per heavy atom. The Morgan fingerprint density at radius 2 is 1.56 bits per heavy atom. The van der Waals surface area contributed by atoms with Gasteiger partial charge >= 0.3 is 5.69 Å². The van der Waals surface area contributed by atoms with Crippen molar-refractivity contribution in [3.05, 3.63) is 98.5 Å². The highest BCUT2D eigenvalue weighted by atomic mass is 16.2. The number of nitrogens with zero attached hydrogens (tertiary/aromatic N) is 5. The Morgan fingerprint density at radius 3 is 2.25 bits per heavy atom. The first-order chi connectivity index (χ1) is 15.7. The van der Waals surface area contributed by atoms with Gasteiger partial charge in [0.15, 0.2) is 11.2 Å². The summed E-state index contributed by atoms with van der Waals surface area (Å²) in [6.45, 7) is 0.482. The molecule has 1 saturated carbocycles. The van der Waals surface area contributed by atoms with Crippen molar-refractivity contribution in [3.63, 3.8) is 0 Å². The van der Waals surface area contributed by atoms with Crippen LogP contribution in [0.5, 0.6) is 0 Å². The van der Waals surface area contributed by atoms with Crippen LogP contribution in [0, 0.1) is 11.3 Å². The maximum atomic E-state index is 13.6. The van der Waals surface area contributed by atoms with E-state index >= 15 is 0 Å². The number of aromatic nitrogens is 4. The van der Waals surface area contributed by atoms with Crippen molar-refractivity contribution in [1.82, 2.24) is 18.7 Å². The monoisotopic (exact) mass is 425 g/mol. The molecule has 0 N–H and O–H groups in total. The third-order valence-corrected chi connectivity index (χ3v) is 6.26. The fourth-order valence-electron chi connectivity index (χ4n) is 4.58. The maximum absolute atomic E-state index is 13.6. The molecule has 2 aromatic heterocycles. The van der Waals surface area contributed by atoms with E-state index in [0.29, 0.717) is 23.3 Å². The number of nitriles is 1. The summed E-state index contributed by atoms with van der Waals surface area (Å²) in [7, 11) is 0. The third-order valence-electron chi connectivity index (χ3n) is 6.26. The molecule has 7 heteroatoms. The Bertz CT molecular complexity index is 1420. The number of hydrogen-bond acceptors (Lipinski definition) is 4. The van der Waals surface area contributed by atoms with Crippen molar-refractivity contribution in [3.8, 4) is 6.07 Å². The van der Waals surface area contributed by atoms with E-state index in [4.69, 9.17) is 5.26 Å². The molecule has 0 spiro atoms. The van der Waals surface area contributed by atoms with Gasteiger partial charge in [0.1, 0.15) is 0 Å². The lowest BCUT2D eigenvalue weighted by Gasteiger charge is -2.15. The second kappa shape index (κ2) is 8.31. The molecular weight excluding hydrogens is 402 g/mol. The lowest BCUT2D eigenvalue weighted by atomic mass is 10.1. The number of rotatable bonds is 5. The molecule has 1 aliphatic rings. The summed E-state index contributed by atoms with van der Waals surface area (Å²) in [5.41, 5.74) is 2.52. The first-order valence-corrected chi connectivity index (χ1v) is 10.9. The Kier molecular flexibility index (Phi) is 5.20. The van der Waals surface area contributed by atoms with Gasteiger partial charge in [0.2, 0.25) is 0 Å². The topological polar surface area (TPSA) is 85.6 Å². The van der Waals surface area contributed by atoms with Crippen LogP contribution in [0.15, 0.2) is 70.5 Å². The maximum Gasteiger partial charge on any atom is 0.333 e. The summed E-state index contributed by atoms with van der Waals surface area (Å²) in [6.07, 6.45) is 6.01. The molecule has 0 saturated heterocycles. The minimum absolute atomic E-state index is 0.143. The second-order valence-corrected chi connectivity index (χ2v) is 8.32. The van der Waals surface area contributed by atoms with E-state index in [-0.39, 0.29) is 23.8 Å². The third kappa shape index (κ3) is 3.54. The van der Waals surface area contributed by atoms with Crippen LogP contribution >= 0.6 is 0 Å². The molecule has 5 rings (SSSR count). The summed E-state index contributed by atoms with van der Waals surface area (Å²) < 4.78 is 4.86. The molecule has 0 bridgehead atoms. The molecular formula is C25H23N5O2. The van der Waals surface area contributed by atoms with Gasteiger partial charge in [-0.1, -0.05) is 55.3 Å². The second-order valence-electron chi connectivity index (χ2n) is 8.32. The molecule has 1 fully saturated rings. The minimum Gasteiger partial charge on any atom is -0.322 e. The van der Waals surface area contributed by atoms with Crippen molar-refractivity contribution in [2.75, 3.05) is 0 Å². The fraction of sp³-hybridized carbons (Fsp3) is 0.280. The van der Waals surface area contributed by atoms with Gasteiger partial charge in [0.05, 0.1) is 31.0 Å². The van der Waals surface area contributed by atoms with Gasteiger partial charge in [-0.3, -0.25) is 13.9 Å². The van der Waals surface area contributed by atoms with Gasteiger partial charge in [0, 0.05) is 6.04 Å². The summed E-state index contributed by atoms with van der Waals surface area (Å²) in [5, 5.41) is 9.04. The van der Waals surface area contributed by atoms with Crippen molar-refractivity contribution in [1.29, 1.82) is 5.26 Å². The number of imidazole rings is 1. The van der Waals surface area contributed by atoms with E-state index in [0.717, 1.165) is 36.8 Å². The van der Waals surface area contributed by atoms with E-state index in [1.54, 1.807) is 35.2 Å². The largest absolute Gasteiger partial charge is 0.333 e. The zero-order valence-electron chi connectivity index (χ0n) is 17.6. The first kappa shape index (κ1) is 20.0. The van der Waals surface area contributed by atoms with Gasteiger partial charge in [-0.05, 0) is 36.1 Å². The Hall–Kier alpha value is -3.92. The van der Waals surface area contributed by atoms with E-state index in [1.165, 1.54) is 4.57 Å². The van der Waals surface area contributed by atoms with Gasteiger partial charge in [-0.25, -0.2) is 9.78 Å². The van der Waals surface area contributed by atoms with Crippen molar-refractivity contribution < 1.29 is 0 Å². The van der Waals surface area contributed by atoms with E-state index in [9.17, 15) is 9.59 Å². The smallest absolute Gasteiger partial charge is 0.322 e. The molecule has 0 unspecified atom stereocenters. The van der Waals surface area contributed by atoms with Crippen LogP contribution < -0.4 is 11.2 Å². The SMILES string of the molecule is N#Cc1ccc(Cn2c(=O)c3c(ncn3C3CCCC3)n(Cc3ccccc3)c2=O)cc1. The predicted molar refractivity (Wildman–Crippen MR) is 122 cm³/mol. The van der Waals surface area contributed by atoms with Crippen LogP contribution in [0.2, 0.25) is 0 Å². The standard InChI is InChI=1S/C25H23N5O2/c26-14-18-10-12-20(13-11-18)16-29-24(31)22-23(27-17-30(22)21-8-4-5-9-21)28(25(29)32)15-19-6-2-1-3-7-19/h1-3,6-7,10-13,17,21H,4-5,8-9,15-16H2. The van der Waals surface area contributed by atoms with E-state index in [2.05, 4.69) is 11.1 Å². The van der Waals surface area contributed by atoms with Gasteiger partial charge in [-0.15, -0.1) is 0 Å². The first-order valence-electron chi connectivity index (χ1n) is 10.9. The lowest BCUT2D eigenvalue weighted by Crippen LogP contribution is -2.41. The van der Waals surface area contributed by atoms with Crippen LogP contribution in [0.1, 0.15) is 48.4 Å². The van der Waals surface area contributed by atoms with Crippen LogP contribution in [-0.4, -0.2) is 18.7 Å². The normalized spacial score (nSPS) is 14.1. The van der Waals surface area contributed by atoms with Crippen LogP contribution in [0.4, 0.5) is 0 Å². The predicted octanol–water partition coefficient (Wildman–Crippen LogP) is 3.44. The highest BCUT2D eigenvalue weighted by Gasteiger charge is 2.24. The molecule has 32 heavy (non-hydrogen) atoms. The van der Waals surface area contributed by atoms with Gasteiger partial charge in [-0.2, -0.15) is 5.26 Å². The van der Waals surface area contributed by atoms with Crippen molar-refractivity contribution in [2.45, 2.75) is 44.8 Å². The molecule has 1 aliphatic carbocycles. The van der Waals surface area contributed by atoms with E-state index < -0.39 is 0 Å². The fourth-order valence-corrected chi connectivity index (χ4v) is 4.58. The molecule has 0 atom stereocenters. The van der Waals surface area contributed by atoms with Gasteiger partial charge < -0.3 is 4.57 Å². The average Bonchev–Trinajstić information content (AvgIpc) is 3.51. The molecule has 2 aromatic carbocycles. The Balaban J connectivity index is 1.69. The minimum atomic E-state index is -0.382. The highest BCUT2D eigenvalue weighted by molar-refractivity contribution is 5.70. The number of hydrogen-bond donors (Lipinski definition) is 0. The Labute approximate surface area is 184 Å². The molecule has 4 aromatic rings. The average molecular weight is 425 g/mol. The summed E-state index contributed by atoms with van der Waals surface area (Å²) in [5.74, 6) is 0. The molecule has 7 nitrogen and oxygen atoms in total. The van der Waals surface area contributed by atoms with Crippen molar-refractivity contribution >= 4 is 11.2 Å². The quantitative estimate of drug-likeness (QED) is 0.490. The number of benzene rings is 2. The van der Waals surface area contributed by atoms with E-state index in [1.807, 2.05) is 34.9 Å². The zero-order valence-corrected chi connectivity index (χ0v) is 17.6. The van der Waals surface area contributed by atoms with Crippen LogP contribution in [-0.2, 0) is 13.1 Å². The molecule has 0 radical (unpaired) electrons. The summed E-state index contributed by atoms with van der Waals surface area (Å²) >= 11 is 0. The summed E-state index contributed by atoms with van der Waals surface area (Å²) in [4.78, 5) is 31.6. The zero-order chi connectivity index (χ0) is 22.1. The van der Waals surface area contributed by atoms with Crippen LogP contribution in [0.25, 0.3) is 11.2 Å². The molecule has 0 aliphatic heterocycles. The molecule has 0 amide bonds.